The monoisotopic (exact) mass is 196 g/mol. The van der Waals surface area contributed by atoms with E-state index in [4.69, 9.17) is 0 Å². The second kappa shape index (κ2) is 4.46. The van der Waals surface area contributed by atoms with Crippen LogP contribution < -0.4 is 0 Å². The van der Waals surface area contributed by atoms with Gasteiger partial charge in [0.05, 0.1) is 0 Å². The molecule has 0 bridgehead atoms. The maximum Gasteiger partial charge on any atom is 0.130 e. The van der Waals surface area contributed by atoms with Gasteiger partial charge in [0.25, 0.3) is 0 Å². The Hall–Kier alpha value is -0.330. The van der Waals surface area contributed by atoms with Gasteiger partial charge < -0.3 is 4.79 Å². The Kier molecular flexibility index (Phi) is 3.74. The minimum atomic E-state index is 0.223. The van der Waals surface area contributed by atoms with E-state index in [9.17, 15) is 4.79 Å². The van der Waals surface area contributed by atoms with Gasteiger partial charge in [-0.2, -0.15) is 0 Å². The molecule has 1 aliphatic carbocycles. The lowest BCUT2D eigenvalue weighted by Gasteiger charge is -2.38. The van der Waals surface area contributed by atoms with Gasteiger partial charge in [0, 0.05) is 6.42 Å². The van der Waals surface area contributed by atoms with Crippen LogP contribution in [0.2, 0.25) is 0 Å². The molecule has 82 valence electrons. The van der Waals surface area contributed by atoms with Gasteiger partial charge in [-0.15, -0.1) is 0 Å². The maximum absolute atomic E-state index is 11.2. The summed E-state index contributed by atoms with van der Waals surface area (Å²) in [7, 11) is 0. The summed E-state index contributed by atoms with van der Waals surface area (Å²) < 4.78 is 0. The van der Waals surface area contributed by atoms with Crippen molar-refractivity contribution in [3.05, 3.63) is 0 Å². The third kappa shape index (κ3) is 3.11. The van der Waals surface area contributed by atoms with Crippen LogP contribution in [-0.4, -0.2) is 5.78 Å². The van der Waals surface area contributed by atoms with Crippen LogP contribution in [0.4, 0.5) is 0 Å². The van der Waals surface area contributed by atoms with Gasteiger partial charge in [-0.3, -0.25) is 0 Å². The number of hydrogen-bond donors (Lipinski definition) is 0. The second-order valence-corrected chi connectivity index (χ2v) is 5.84. The molecule has 14 heavy (non-hydrogen) atoms. The van der Waals surface area contributed by atoms with E-state index in [-0.39, 0.29) is 5.41 Å². The van der Waals surface area contributed by atoms with Crippen molar-refractivity contribution >= 4 is 5.78 Å². The molecule has 1 nitrogen and oxygen atoms in total. The van der Waals surface area contributed by atoms with Crippen LogP contribution in [0.3, 0.4) is 0 Å². The third-order valence-electron chi connectivity index (χ3n) is 3.75. The first-order valence-corrected chi connectivity index (χ1v) is 5.91. The van der Waals surface area contributed by atoms with Gasteiger partial charge >= 0.3 is 0 Å². The zero-order chi connectivity index (χ0) is 10.8. The molecule has 0 aromatic carbocycles. The van der Waals surface area contributed by atoms with Crippen molar-refractivity contribution in [3.8, 4) is 0 Å². The second-order valence-electron chi connectivity index (χ2n) is 5.84. The van der Waals surface area contributed by atoms with Crippen molar-refractivity contribution in [1.82, 2.24) is 0 Å². The van der Waals surface area contributed by atoms with Gasteiger partial charge in [-0.1, -0.05) is 33.6 Å². The van der Waals surface area contributed by atoms with Crippen molar-refractivity contribution in [1.29, 1.82) is 0 Å². The van der Waals surface area contributed by atoms with Crippen molar-refractivity contribution in [2.45, 2.75) is 59.8 Å². The summed E-state index contributed by atoms with van der Waals surface area (Å²) in [5.41, 5.74) is 0.223. The minimum Gasteiger partial charge on any atom is -0.300 e. The molecule has 1 rings (SSSR count). The van der Waals surface area contributed by atoms with E-state index in [1.807, 2.05) is 0 Å². The van der Waals surface area contributed by atoms with E-state index in [0.29, 0.717) is 5.78 Å². The summed E-state index contributed by atoms with van der Waals surface area (Å²) in [6.45, 7) is 8.58. The highest BCUT2D eigenvalue weighted by Gasteiger charge is 2.33. The molecule has 2 unspecified atom stereocenters. The molecule has 0 amide bonds. The van der Waals surface area contributed by atoms with E-state index in [1.54, 1.807) is 6.92 Å². The summed E-state index contributed by atoms with van der Waals surface area (Å²) >= 11 is 0. The van der Waals surface area contributed by atoms with Gasteiger partial charge in [0.2, 0.25) is 0 Å². The van der Waals surface area contributed by atoms with Crippen LogP contribution >= 0.6 is 0 Å². The molecule has 1 heteroatoms. The number of Topliss-reactive ketones (excluding diaryl/α,β-unsaturated/α-hetero) is 1. The van der Waals surface area contributed by atoms with Crippen LogP contribution in [0.5, 0.6) is 0 Å². The van der Waals surface area contributed by atoms with Crippen LogP contribution in [-0.2, 0) is 4.79 Å². The Morgan fingerprint density at radius 1 is 1.36 bits per heavy atom. The average molecular weight is 196 g/mol. The zero-order valence-corrected chi connectivity index (χ0v) is 10.1. The SMILES string of the molecule is CC(=O)CC(C)(C)C1CCCC(C)C1. The molecule has 0 aliphatic heterocycles. The predicted octanol–water partition coefficient (Wildman–Crippen LogP) is 3.82. The summed E-state index contributed by atoms with van der Waals surface area (Å²) in [5, 5.41) is 0. The number of ketones is 1. The number of carbonyl (C=O) groups is 1. The van der Waals surface area contributed by atoms with Crippen LogP contribution in [0.25, 0.3) is 0 Å². The smallest absolute Gasteiger partial charge is 0.130 e. The molecule has 0 aromatic heterocycles. The Balaban J connectivity index is 2.56. The van der Waals surface area contributed by atoms with Gasteiger partial charge in [-0.25, -0.2) is 0 Å². The molecule has 0 N–H and O–H groups in total. The highest BCUT2D eigenvalue weighted by molar-refractivity contribution is 5.76. The molecule has 1 saturated carbocycles. The van der Waals surface area contributed by atoms with E-state index in [1.165, 1.54) is 25.7 Å². The molecule has 0 radical (unpaired) electrons. The summed E-state index contributed by atoms with van der Waals surface area (Å²) in [6, 6.07) is 0. The first-order valence-electron chi connectivity index (χ1n) is 5.91. The highest BCUT2D eigenvalue weighted by Crippen LogP contribution is 2.42. The molecular formula is C13H24O. The molecule has 1 aliphatic rings. The van der Waals surface area contributed by atoms with E-state index < -0.39 is 0 Å². The fraction of sp³-hybridized carbons (Fsp3) is 0.923. The van der Waals surface area contributed by atoms with Crippen molar-refractivity contribution in [2.75, 3.05) is 0 Å². The molecule has 2 atom stereocenters. The lowest BCUT2D eigenvalue weighted by Crippen LogP contribution is -2.30. The lowest BCUT2D eigenvalue weighted by molar-refractivity contribution is -0.119. The minimum absolute atomic E-state index is 0.223. The quantitative estimate of drug-likeness (QED) is 0.670. The Bertz CT molecular complexity index is 205. The highest BCUT2D eigenvalue weighted by atomic mass is 16.1. The largest absolute Gasteiger partial charge is 0.300 e. The zero-order valence-electron chi connectivity index (χ0n) is 10.1. The van der Waals surface area contributed by atoms with Crippen LogP contribution in [0, 0.1) is 17.3 Å². The molecular weight excluding hydrogens is 172 g/mol. The number of rotatable bonds is 3. The van der Waals surface area contributed by atoms with Crippen LogP contribution in [0.15, 0.2) is 0 Å². The third-order valence-corrected chi connectivity index (χ3v) is 3.75. The van der Waals surface area contributed by atoms with Gasteiger partial charge in [0.15, 0.2) is 0 Å². The Morgan fingerprint density at radius 3 is 2.50 bits per heavy atom. The van der Waals surface area contributed by atoms with Crippen molar-refractivity contribution < 1.29 is 4.79 Å². The summed E-state index contributed by atoms with van der Waals surface area (Å²) in [4.78, 5) is 11.2. The molecule has 0 aromatic rings. The van der Waals surface area contributed by atoms with Gasteiger partial charge in [-0.05, 0) is 37.0 Å². The molecule has 1 fully saturated rings. The molecule has 0 spiro atoms. The number of carbonyl (C=O) groups excluding carboxylic acids is 1. The fourth-order valence-corrected chi connectivity index (χ4v) is 2.93. The topological polar surface area (TPSA) is 17.1 Å². The summed E-state index contributed by atoms with van der Waals surface area (Å²) in [5.74, 6) is 1.96. The fourth-order valence-electron chi connectivity index (χ4n) is 2.93. The maximum atomic E-state index is 11.2. The Labute approximate surface area is 88.3 Å². The van der Waals surface area contributed by atoms with Crippen LogP contribution in [0.1, 0.15) is 59.8 Å². The van der Waals surface area contributed by atoms with Gasteiger partial charge in [0.1, 0.15) is 5.78 Å². The average Bonchev–Trinajstić information content (AvgIpc) is 2.01. The van der Waals surface area contributed by atoms with E-state index in [0.717, 1.165) is 18.3 Å². The standard InChI is InChI=1S/C13H24O/c1-10-6-5-7-12(8-10)13(3,4)9-11(2)14/h10,12H,5-9H2,1-4H3. The predicted molar refractivity (Wildman–Crippen MR) is 60.2 cm³/mol. The van der Waals surface area contributed by atoms with Crippen molar-refractivity contribution in [2.24, 2.45) is 17.3 Å². The number of hydrogen-bond acceptors (Lipinski definition) is 1. The van der Waals surface area contributed by atoms with E-state index in [2.05, 4.69) is 20.8 Å². The first kappa shape index (κ1) is 11.7. The molecule has 0 heterocycles. The Morgan fingerprint density at radius 2 is 2.00 bits per heavy atom. The summed E-state index contributed by atoms with van der Waals surface area (Å²) in [6.07, 6.45) is 6.13. The normalized spacial score (nSPS) is 28.9. The van der Waals surface area contributed by atoms with E-state index >= 15 is 0 Å². The lowest BCUT2D eigenvalue weighted by atomic mass is 9.66. The molecule has 0 saturated heterocycles. The first-order chi connectivity index (χ1) is 6.42. The van der Waals surface area contributed by atoms with Crippen molar-refractivity contribution in [3.63, 3.8) is 0 Å².